The molecule has 0 bridgehead atoms. The minimum absolute atomic E-state index is 0.115. The fraction of sp³-hybridized carbons (Fsp3) is 0.118. The highest BCUT2D eigenvalue weighted by molar-refractivity contribution is 7.92. The van der Waals surface area contributed by atoms with Gasteiger partial charge in [0.1, 0.15) is 5.75 Å². The number of amides is 1. The maximum Gasteiger partial charge on any atom is 0.239 e. The number of hydrogen-bond acceptors (Lipinski definition) is 5. The zero-order valence-electron chi connectivity index (χ0n) is 13.0. The van der Waals surface area contributed by atoms with E-state index in [0.717, 1.165) is 0 Å². The van der Waals surface area contributed by atoms with Crippen LogP contribution in [0.1, 0.15) is 0 Å². The second-order valence-corrected chi connectivity index (χ2v) is 7.53. The van der Waals surface area contributed by atoms with E-state index in [1.165, 1.54) is 6.20 Å². The van der Waals surface area contributed by atoms with Crippen molar-refractivity contribution in [1.29, 1.82) is 0 Å². The average Bonchev–Trinajstić information content (AvgIpc) is 3.20. The molecule has 1 amide bonds. The van der Waals surface area contributed by atoms with Crippen molar-refractivity contribution in [3.05, 3.63) is 48.7 Å². The molecular formula is C17H14N2O5S. The molecule has 0 saturated carbocycles. The quantitative estimate of drug-likeness (QED) is 0.746. The lowest BCUT2D eigenvalue weighted by atomic mass is 10.2. The molecule has 2 N–H and O–H groups in total. The number of benzene rings is 2. The third-order valence-corrected chi connectivity index (χ3v) is 5.51. The van der Waals surface area contributed by atoms with Crippen molar-refractivity contribution in [2.45, 2.75) is 4.90 Å². The number of nitrogens with one attached hydrogen (secondary N) is 2. The smallest absolute Gasteiger partial charge is 0.239 e. The number of carbonyl (C=O) groups is 1. The fourth-order valence-electron chi connectivity index (χ4n) is 2.72. The summed E-state index contributed by atoms with van der Waals surface area (Å²) >= 11 is 0. The molecule has 1 aliphatic rings. The Morgan fingerprint density at radius 3 is 2.80 bits per heavy atom. The van der Waals surface area contributed by atoms with Gasteiger partial charge >= 0.3 is 0 Å². The Morgan fingerprint density at radius 2 is 1.92 bits per heavy atom. The van der Waals surface area contributed by atoms with E-state index in [4.69, 9.17) is 9.47 Å². The lowest BCUT2D eigenvalue weighted by molar-refractivity contribution is -0.113. The van der Waals surface area contributed by atoms with Crippen LogP contribution < -0.4 is 14.8 Å². The van der Waals surface area contributed by atoms with Crippen molar-refractivity contribution in [3.63, 3.8) is 0 Å². The molecule has 0 atom stereocenters. The molecule has 1 aliphatic heterocycles. The topological polar surface area (TPSA) is 97.5 Å². The predicted molar refractivity (Wildman–Crippen MR) is 91.5 cm³/mol. The number of carbonyl (C=O) groups excluding carboxylic acids is 1. The van der Waals surface area contributed by atoms with Gasteiger partial charge in [0.15, 0.2) is 21.3 Å². The molecule has 2 aromatic carbocycles. The second kappa shape index (κ2) is 5.82. The van der Waals surface area contributed by atoms with Gasteiger partial charge in [-0.3, -0.25) is 4.79 Å². The molecule has 0 spiro atoms. The Balaban J connectivity index is 1.53. The van der Waals surface area contributed by atoms with Gasteiger partial charge in [-0.25, -0.2) is 8.42 Å². The zero-order chi connectivity index (χ0) is 17.4. The normalized spacial score (nSPS) is 13.1. The predicted octanol–water partition coefficient (Wildman–Crippen LogP) is 2.31. The van der Waals surface area contributed by atoms with E-state index in [2.05, 4.69) is 10.3 Å². The molecule has 7 nitrogen and oxygen atoms in total. The van der Waals surface area contributed by atoms with Gasteiger partial charge in [-0.1, -0.05) is 18.2 Å². The first kappa shape index (κ1) is 15.5. The maximum atomic E-state index is 12.6. The monoisotopic (exact) mass is 358 g/mol. The third-order valence-electron chi connectivity index (χ3n) is 3.86. The van der Waals surface area contributed by atoms with Crippen LogP contribution >= 0.6 is 0 Å². The van der Waals surface area contributed by atoms with Crippen LogP contribution in [0.5, 0.6) is 11.5 Å². The van der Waals surface area contributed by atoms with Crippen molar-refractivity contribution < 1.29 is 22.7 Å². The number of para-hydroxylation sites is 1. The van der Waals surface area contributed by atoms with Gasteiger partial charge in [0.2, 0.25) is 12.7 Å². The fourth-order valence-corrected chi connectivity index (χ4v) is 4.05. The summed E-state index contributed by atoms with van der Waals surface area (Å²) in [6.45, 7) is 0.127. The largest absolute Gasteiger partial charge is 0.454 e. The van der Waals surface area contributed by atoms with Gasteiger partial charge in [0, 0.05) is 28.9 Å². The molecule has 0 unspecified atom stereocenters. The van der Waals surface area contributed by atoms with Crippen molar-refractivity contribution >= 4 is 32.3 Å². The Hall–Kier alpha value is -3.00. The van der Waals surface area contributed by atoms with Crippen molar-refractivity contribution in [3.8, 4) is 11.5 Å². The van der Waals surface area contributed by atoms with Crippen LogP contribution in [0.4, 0.5) is 5.69 Å². The van der Waals surface area contributed by atoms with E-state index < -0.39 is 21.5 Å². The van der Waals surface area contributed by atoms with Crippen LogP contribution in [0.25, 0.3) is 10.9 Å². The number of aromatic nitrogens is 1. The summed E-state index contributed by atoms with van der Waals surface area (Å²) in [6, 6.07) is 11.9. The lowest BCUT2D eigenvalue weighted by Gasteiger charge is -2.07. The van der Waals surface area contributed by atoms with E-state index in [0.29, 0.717) is 28.1 Å². The van der Waals surface area contributed by atoms with E-state index in [-0.39, 0.29) is 11.7 Å². The molecule has 3 aromatic rings. The van der Waals surface area contributed by atoms with Gasteiger partial charge in [-0.2, -0.15) is 0 Å². The second-order valence-electron chi connectivity index (χ2n) is 5.57. The van der Waals surface area contributed by atoms with E-state index in [9.17, 15) is 13.2 Å². The van der Waals surface area contributed by atoms with Crippen molar-refractivity contribution in [2.24, 2.45) is 0 Å². The van der Waals surface area contributed by atoms with E-state index in [1.54, 1.807) is 36.4 Å². The minimum atomic E-state index is -3.77. The number of anilines is 1. The molecular weight excluding hydrogens is 344 g/mol. The number of aromatic amines is 1. The Kier molecular flexibility index (Phi) is 3.61. The summed E-state index contributed by atoms with van der Waals surface area (Å²) in [5.41, 5.74) is 1.15. The summed E-state index contributed by atoms with van der Waals surface area (Å²) in [5.74, 6) is -0.172. The molecule has 1 aromatic heterocycles. The van der Waals surface area contributed by atoms with Crippen LogP contribution in [0, 0.1) is 0 Å². The minimum Gasteiger partial charge on any atom is -0.454 e. The Bertz CT molecular complexity index is 1070. The first-order valence-electron chi connectivity index (χ1n) is 7.51. The zero-order valence-corrected chi connectivity index (χ0v) is 13.8. The highest BCUT2D eigenvalue weighted by atomic mass is 32.2. The van der Waals surface area contributed by atoms with Gasteiger partial charge in [-0.15, -0.1) is 0 Å². The SMILES string of the molecule is O=C(CS(=O)(=O)c1c[nH]c2ccccc12)Nc1ccc2c(c1)OCO2. The molecule has 0 radical (unpaired) electrons. The van der Waals surface area contributed by atoms with Crippen molar-refractivity contribution in [2.75, 3.05) is 17.9 Å². The van der Waals surface area contributed by atoms with Crippen molar-refractivity contribution in [1.82, 2.24) is 4.98 Å². The van der Waals surface area contributed by atoms with Crippen LogP contribution in [0.15, 0.2) is 53.6 Å². The average molecular weight is 358 g/mol. The molecule has 128 valence electrons. The first-order valence-corrected chi connectivity index (χ1v) is 9.16. The molecule has 0 aliphatic carbocycles. The van der Waals surface area contributed by atoms with E-state index in [1.807, 2.05) is 6.07 Å². The van der Waals surface area contributed by atoms with Crippen LogP contribution in [-0.4, -0.2) is 31.9 Å². The number of H-pyrrole nitrogens is 1. The maximum absolute atomic E-state index is 12.6. The number of rotatable bonds is 4. The first-order chi connectivity index (χ1) is 12.0. The number of hydrogen-bond donors (Lipinski definition) is 2. The highest BCUT2D eigenvalue weighted by Crippen LogP contribution is 2.34. The molecule has 25 heavy (non-hydrogen) atoms. The summed E-state index contributed by atoms with van der Waals surface area (Å²) in [6.07, 6.45) is 1.41. The van der Waals surface area contributed by atoms with Gasteiger partial charge in [0.25, 0.3) is 0 Å². The number of ether oxygens (including phenoxy) is 2. The van der Waals surface area contributed by atoms with Gasteiger partial charge < -0.3 is 19.8 Å². The highest BCUT2D eigenvalue weighted by Gasteiger charge is 2.23. The van der Waals surface area contributed by atoms with Crippen LogP contribution in [-0.2, 0) is 14.6 Å². The molecule has 2 heterocycles. The standard InChI is InChI=1S/C17H14N2O5S/c20-17(19-11-5-6-14-15(7-11)24-10-23-14)9-25(21,22)16-8-18-13-4-2-1-3-12(13)16/h1-8,18H,9-10H2,(H,19,20). The summed E-state index contributed by atoms with van der Waals surface area (Å²) in [4.78, 5) is 15.2. The Morgan fingerprint density at radius 1 is 1.12 bits per heavy atom. The summed E-state index contributed by atoms with van der Waals surface area (Å²) in [5, 5.41) is 3.14. The molecule has 0 saturated heterocycles. The summed E-state index contributed by atoms with van der Waals surface area (Å²) in [7, 11) is -3.77. The van der Waals surface area contributed by atoms with E-state index >= 15 is 0 Å². The van der Waals surface area contributed by atoms with Gasteiger partial charge in [-0.05, 0) is 18.2 Å². The Labute approximate surface area is 143 Å². The van der Waals surface area contributed by atoms with Gasteiger partial charge in [0.05, 0.1) is 4.90 Å². The lowest BCUT2D eigenvalue weighted by Crippen LogP contribution is -2.22. The molecule has 0 fully saturated rings. The number of fused-ring (bicyclic) bond motifs is 2. The third kappa shape index (κ3) is 2.91. The summed E-state index contributed by atoms with van der Waals surface area (Å²) < 4.78 is 35.6. The number of sulfone groups is 1. The van der Waals surface area contributed by atoms with Crippen LogP contribution in [0.3, 0.4) is 0 Å². The van der Waals surface area contributed by atoms with Crippen LogP contribution in [0.2, 0.25) is 0 Å². The molecule has 8 heteroatoms. The molecule has 4 rings (SSSR count).